The number of rotatable bonds is 5. The minimum atomic E-state index is -0.698. The first-order chi connectivity index (χ1) is 13.5. The molecule has 2 aromatic carbocycles. The van der Waals surface area contributed by atoms with Crippen molar-refractivity contribution in [1.82, 2.24) is 9.88 Å². The standard InChI is InChI=1S/C20H20BrN3O3S/c1-23(2)9-10-24(20-22-14-8-7-13(21)11-18(14)28-20)19(25)17-12-26-15-5-3-4-6-16(15)27-17/h3-8,11,17H,9-10,12H2,1-2H3/t17-/m0/s1. The molecule has 1 aliphatic heterocycles. The van der Waals surface area contributed by atoms with Gasteiger partial charge in [0.25, 0.3) is 5.91 Å². The minimum absolute atomic E-state index is 0.144. The molecule has 0 fully saturated rings. The number of thiazole rings is 1. The van der Waals surface area contributed by atoms with E-state index in [0.29, 0.717) is 23.2 Å². The van der Waals surface area contributed by atoms with Crippen molar-refractivity contribution in [3.05, 3.63) is 46.9 Å². The predicted octanol–water partition coefficient (Wildman–Crippen LogP) is 3.79. The largest absolute Gasteiger partial charge is 0.485 e. The van der Waals surface area contributed by atoms with Crippen LogP contribution in [0.25, 0.3) is 10.2 Å². The molecule has 1 aromatic heterocycles. The molecule has 0 spiro atoms. The molecule has 3 aromatic rings. The number of anilines is 1. The molecule has 146 valence electrons. The fraction of sp³-hybridized carbons (Fsp3) is 0.300. The maximum absolute atomic E-state index is 13.3. The SMILES string of the molecule is CN(C)CCN(C(=O)[C@@H]1COc2ccccc2O1)c1nc2ccc(Br)cc2s1. The summed E-state index contributed by atoms with van der Waals surface area (Å²) in [4.78, 5) is 21.8. The second-order valence-electron chi connectivity index (χ2n) is 6.77. The molecule has 0 bridgehead atoms. The Morgan fingerprint density at radius 1 is 1.21 bits per heavy atom. The summed E-state index contributed by atoms with van der Waals surface area (Å²) >= 11 is 4.99. The fourth-order valence-electron chi connectivity index (χ4n) is 2.92. The number of ether oxygens (including phenoxy) is 2. The van der Waals surface area contributed by atoms with Crippen molar-refractivity contribution in [2.24, 2.45) is 0 Å². The van der Waals surface area contributed by atoms with E-state index in [1.165, 1.54) is 11.3 Å². The maximum atomic E-state index is 13.3. The normalized spacial score (nSPS) is 15.8. The van der Waals surface area contributed by atoms with Gasteiger partial charge < -0.3 is 14.4 Å². The van der Waals surface area contributed by atoms with Gasteiger partial charge in [0.2, 0.25) is 6.10 Å². The van der Waals surface area contributed by atoms with Crippen molar-refractivity contribution in [3.63, 3.8) is 0 Å². The highest BCUT2D eigenvalue weighted by Gasteiger charge is 2.33. The van der Waals surface area contributed by atoms with Gasteiger partial charge in [0.15, 0.2) is 16.6 Å². The van der Waals surface area contributed by atoms with Crippen LogP contribution in [0.5, 0.6) is 11.5 Å². The Morgan fingerprint density at radius 3 is 2.79 bits per heavy atom. The lowest BCUT2D eigenvalue weighted by Gasteiger charge is -2.30. The van der Waals surface area contributed by atoms with E-state index < -0.39 is 6.10 Å². The molecule has 2 heterocycles. The number of benzene rings is 2. The van der Waals surface area contributed by atoms with Crippen molar-refractivity contribution in [3.8, 4) is 11.5 Å². The average molecular weight is 462 g/mol. The molecule has 0 unspecified atom stereocenters. The first kappa shape index (κ1) is 19.2. The van der Waals surface area contributed by atoms with Crippen molar-refractivity contribution in [2.75, 3.05) is 38.7 Å². The maximum Gasteiger partial charge on any atom is 0.273 e. The second kappa shape index (κ2) is 8.06. The van der Waals surface area contributed by atoms with Gasteiger partial charge in [-0.15, -0.1) is 0 Å². The summed E-state index contributed by atoms with van der Waals surface area (Å²) in [5.74, 6) is 1.11. The van der Waals surface area contributed by atoms with Gasteiger partial charge in [0.1, 0.15) is 6.61 Å². The topological polar surface area (TPSA) is 54.9 Å². The zero-order valence-electron chi connectivity index (χ0n) is 15.6. The van der Waals surface area contributed by atoms with Crippen LogP contribution in [0.4, 0.5) is 5.13 Å². The lowest BCUT2D eigenvalue weighted by atomic mass is 10.2. The molecule has 1 aliphatic rings. The number of fused-ring (bicyclic) bond motifs is 2. The molecule has 4 rings (SSSR count). The highest BCUT2D eigenvalue weighted by atomic mass is 79.9. The van der Waals surface area contributed by atoms with Gasteiger partial charge in [-0.05, 0) is 44.4 Å². The third kappa shape index (κ3) is 3.99. The minimum Gasteiger partial charge on any atom is -0.485 e. The van der Waals surface area contributed by atoms with Crippen LogP contribution in [0.15, 0.2) is 46.9 Å². The Morgan fingerprint density at radius 2 is 2.00 bits per heavy atom. The van der Waals surface area contributed by atoms with Crippen LogP contribution in [-0.2, 0) is 4.79 Å². The van der Waals surface area contributed by atoms with Crippen LogP contribution in [-0.4, -0.2) is 55.7 Å². The number of carbonyl (C=O) groups is 1. The smallest absolute Gasteiger partial charge is 0.273 e. The quantitative estimate of drug-likeness (QED) is 0.578. The molecule has 0 radical (unpaired) electrons. The highest BCUT2D eigenvalue weighted by Crippen LogP contribution is 2.34. The first-order valence-electron chi connectivity index (χ1n) is 8.92. The molecule has 0 saturated carbocycles. The van der Waals surface area contributed by atoms with Gasteiger partial charge >= 0.3 is 0 Å². The molecule has 6 nitrogen and oxygen atoms in total. The van der Waals surface area contributed by atoms with Gasteiger partial charge in [-0.1, -0.05) is 39.4 Å². The zero-order chi connectivity index (χ0) is 19.7. The number of nitrogens with zero attached hydrogens (tertiary/aromatic N) is 3. The van der Waals surface area contributed by atoms with Crippen molar-refractivity contribution in [2.45, 2.75) is 6.10 Å². The van der Waals surface area contributed by atoms with E-state index in [4.69, 9.17) is 9.47 Å². The van der Waals surface area contributed by atoms with Gasteiger partial charge in [0, 0.05) is 17.6 Å². The van der Waals surface area contributed by atoms with Crippen LogP contribution in [0.1, 0.15) is 0 Å². The van der Waals surface area contributed by atoms with E-state index in [0.717, 1.165) is 21.2 Å². The number of likely N-dealkylation sites (N-methyl/N-ethyl adjacent to an activating group) is 1. The highest BCUT2D eigenvalue weighted by molar-refractivity contribution is 9.10. The van der Waals surface area contributed by atoms with E-state index >= 15 is 0 Å². The van der Waals surface area contributed by atoms with Gasteiger partial charge in [-0.3, -0.25) is 9.69 Å². The van der Waals surface area contributed by atoms with Crippen molar-refractivity contribution in [1.29, 1.82) is 0 Å². The van der Waals surface area contributed by atoms with E-state index in [1.54, 1.807) is 4.90 Å². The summed E-state index contributed by atoms with van der Waals surface area (Å²) in [6, 6.07) is 13.3. The van der Waals surface area contributed by atoms with Gasteiger partial charge in [0.05, 0.1) is 10.2 Å². The summed E-state index contributed by atoms with van der Waals surface area (Å²) in [5, 5.41) is 0.669. The summed E-state index contributed by atoms with van der Waals surface area (Å²) in [5.41, 5.74) is 0.872. The van der Waals surface area contributed by atoms with Crippen LogP contribution < -0.4 is 14.4 Å². The van der Waals surface area contributed by atoms with Crippen LogP contribution in [0.2, 0.25) is 0 Å². The first-order valence-corrected chi connectivity index (χ1v) is 10.5. The molecular formula is C20H20BrN3O3S. The van der Waals surface area contributed by atoms with Crippen molar-refractivity contribution >= 4 is 48.5 Å². The number of aromatic nitrogens is 1. The average Bonchev–Trinajstić information content (AvgIpc) is 3.10. The number of halogens is 1. The summed E-state index contributed by atoms with van der Waals surface area (Å²) < 4.78 is 13.7. The predicted molar refractivity (Wildman–Crippen MR) is 115 cm³/mol. The second-order valence-corrected chi connectivity index (χ2v) is 8.69. The fourth-order valence-corrected chi connectivity index (χ4v) is 4.47. The Labute approximate surface area is 175 Å². The van der Waals surface area contributed by atoms with Gasteiger partial charge in [-0.2, -0.15) is 0 Å². The third-order valence-corrected chi connectivity index (χ3v) is 5.93. The Bertz CT molecular complexity index is 1010. The molecule has 0 aliphatic carbocycles. The number of hydrogen-bond acceptors (Lipinski definition) is 6. The Balaban J connectivity index is 1.62. The number of amides is 1. The van der Waals surface area contributed by atoms with E-state index in [2.05, 4.69) is 20.9 Å². The van der Waals surface area contributed by atoms with Crippen LogP contribution >= 0.6 is 27.3 Å². The summed E-state index contributed by atoms with van der Waals surface area (Å²) in [7, 11) is 3.96. The van der Waals surface area contributed by atoms with Crippen molar-refractivity contribution < 1.29 is 14.3 Å². The molecule has 1 amide bonds. The number of para-hydroxylation sites is 2. The van der Waals surface area contributed by atoms with Gasteiger partial charge in [-0.25, -0.2) is 4.98 Å². The molecule has 0 saturated heterocycles. The third-order valence-electron chi connectivity index (χ3n) is 4.39. The summed E-state index contributed by atoms with van der Waals surface area (Å²) in [6.45, 7) is 1.43. The van der Waals surface area contributed by atoms with E-state index in [-0.39, 0.29) is 12.5 Å². The van der Waals surface area contributed by atoms with E-state index in [9.17, 15) is 4.79 Å². The number of hydrogen-bond donors (Lipinski definition) is 0. The molecule has 1 atom stereocenters. The summed E-state index contributed by atoms with van der Waals surface area (Å²) in [6.07, 6.45) is -0.698. The molecule has 8 heteroatoms. The molecule has 0 N–H and O–H groups in total. The molecular weight excluding hydrogens is 442 g/mol. The van der Waals surface area contributed by atoms with Crippen LogP contribution in [0.3, 0.4) is 0 Å². The number of carbonyl (C=O) groups excluding carboxylic acids is 1. The Hall–Kier alpha value is -2.16. The zero-order valence-corrected chi connectivity index (χ0v) is 18.0. The Kier molecular flexibility index (Phi) is 5.52. The molecule has 28 heavy (non-hydrogen) atoms. The van der Waals surface area contributed by atoms with Crippen LogP contribution in [0, 0.1) is 0 Å². The lowest BCUT2D eigenvalue weighted by Crippen LogP contribution is -2.48. The lowest BCUT2D eigenvalue weighted by molar-refractivity contribution is -0.127. The monoisotopic (exact) mass is 461 g/mol. The van der Waals surface area contributed by atoms with E-state index in [1.807, 2.05) is 61.5 Å².